The molecule has 0 bridgehead atoms. The molecule has 0 saturated carbocycles. The number of nitrogens with two attached hydrogens (primary N) is 1. The van der Waals surface area contributed by atoms with Crippen LogP contribution in [0.4, 0.5) is 5.82 Å². The molecule has 0 spiro atoms. The molecule has 33 heavy (non-hydrogen) atoms. The Morgan fingerprint density at radius 3 is 2.79 bits per heavy atom. The predicted molar refractivity (Wildman–Crippen MR) is 128 cm³/mol. The van der Waals surface area contributed by atoms with E-state index in [0.29, 0.717) is 33.2 Å². The number of fused-ring (bicyclic) bond motifs is 1. The highest BCUT2D eigenvalue weighted by atomic mass is 35.5. The number of pyridine rings is 1. The average molecular weight is 463 g/mol. The number of aromatic nitrogens is 5. The highest BCUT2D eigenvalue weighted by molar-refractivity contribution is 6.35. The van der Waals surface area contributed by atoms with Gasteiger partial charge in [0, 0.05) is 43.0 Å². The average Bonchev–Trinajstić information content (AvgIpc) is 3.41. The number of benzene rings is 1. The number of aryl methyl sites for hydroxylation is 1. The van der Waals surface area contributed by atoms with Crippen molar-refractivity contribution in [3.8, 4) is 22.6 Å². The molecule has 4 heterocycles. The number of carbonyl (C=O) groups is 1. The maximum absolute atomic E-state index is 13.1. The van der Waals surface area contributed by atoms with Gasteiger partial charge in [-0.05, 0) is 44.3 Å². The molecule has 0 aliphatic carbocycles. The molecule has 1 aliphatic rings. The van der Waals surface area contributed by atoms with E-state index in [-0.39, 0.29) is 23.5 Å². The molecule has 1 fully saturated rings. The molecule has 0 radical (unpaired) electrons. The molecule has 1 aromatic carbocycles. The lowest BCUT2D eigenvalue weighted by Gasteiger charge is -2.15. The van der Waals surface area contributed by atoms with Gasteiger partial charge in [-0.1, -0.05) is 17.7 Å². The zero-order chi connectivity index (χ0) is 23.1. The van der Waals surface area contributed by atoms with Crippen molar-refractivity contribution >= 4 is 34.2 Å². The number of nitrogens with zero attached hydrogens (tertiary/aromatic N) is 6. The Morgan fingerprint density at radius 1 is 1.21 bits per heavy atom. The molecule has 3 N–H and O–H groups in total. The summed E-state index contributed by atoms with van der Waals surface area (Å²) in [5, 5.41) is 8.83. The van der Waals surface area contributed by atoms with Crippen molar-refractivity contribution in [3.05, 3.63) is 53.4 Å². The van der Waals surface area contributed by atoms with Crippen molar-refractivity contribution in [1.29, 1.82) is 0 Å². The van der Waals surface area contributed by atoms with Crippen molar-refractivity contribution in [2.75, 3.05) is 25.9 Å². The monoisotopic (exact) mass is 462 g/mol. The van der Waals surface area contributed by atoms with Gasteiger partial charge in [0.2, 0.25) is 0 Å². The van der Waals surface area contributed by atoms with Crippen molar-refractivity contribution < 1.29 is 4.79 Å². The topological polar surface area (TPSA) is 115 Å². The van der Waals surface area contributed by atoms with Gasteiger partial charge in [-0.25, -0.2) is 9.97 Å². The molecule has 168 valence electrons. The van der Waals surface area contributed by atoms with Gasteiger partial charge in [-0.2, -0.15) is 5.10 Å². The van der Waals surface area contributed by atoms with Crippen LogP contribution in [-0.4, -0.2) is 61.7 Å². The minimum atomic E-state index is -0.345. The van der Waals surface area contributed by atoms with E-state index in [2.05, 4.69) is 25.3 Å². The first kappa shape index (κ1) is 21.3. The Hall–Kier alpha value is -3.56. The third-order valence-corrected chi connectivity index (χ3v) is 6.04. The molecule has 1 unspecified atom stereocenters. The second-order valence-corrected chi connectivity index (χ2v) is 8.69. The van der Waals surface area contributed by atoms with Crippen molar-refractivity contribution in [2.24, 2.45) is 7.05 Å². The van der Waals surface area contributed by atoms with Crippen molar-refractivity contribution in [1.82, 2.24) is 34.9 Å². The Labute approximate surface area is 195 Å². The fourth-order valence-electron chi connectivity index (χ4n) is 4.13. The van der Waals surface area contributed by atoms with Crippen LogP contribution in [0.1, 0.15) is 16.9 Å². The Kier molecular flexibility index (Phi) is 5.43. The van der Waals surface area contributed by atoms with Gasteiger partial charge in [0.1, 0.15) is 11.4 Å². The molecule has 1 amide bonds. The highest BCUT2D eigenvalue weighted by Crippen LogP contribution is 2.34. The number of rotatable bonds is 4. The van der Waals surface area contributed by atoms with E-state index in [1.54, 1.807) is 16.9 Å². The summed E-state index contributed by atoms with van der Waals surface area (Å²) in [4.78, 5) is 28.9. The zero-order valence-corrected chi connectivity index (χ0v) is 19.0. The van der Waals surface area contributed by atoms with Crippen LogP contribution in [0.3, 0.4) is 0 Å². The summed E-state index contributed by atoms with van der Waals surface area (Å²) in [6, 6.07) is 9.34. The molecule has 1 aliphatic heterocycles. The molecule has 1 saturated heterocycles. The van der Waals surface area contributed by atoms with E-state index in [1.165, 1.54) is 0 Å². The number of hydrogen-bond donors (Lipinski definition) is 2. The number of anilines is 1. The molecule has 10 heteroatoms. The summed E-state index contributed by atoms with van der Waals surface area (Å²) in [5.41, 5.74) is 9.24. The first-order valence-corrected chi connectivity index (χ1v) is 11.0. The van der Waals surface area contributed by atoms with Crippen LogP contribution >= 0.6 is 11.6 Å². The van der Waals surface area contributed by atoms with Crippen LogP contribution in [0.5, 0.6) is 0 Å². The van der Waals surface area contributed by atoms with Crippen LogP contribution in [0.15, 0.2) is 42.7 Å². The van der Waals surface area contributed by atoms with Gasteiger partial charge in [-0.15, -0.1) is 0 Å². The Morgan fingerprint density at radius 2 is 2.06 bits per heavy atom. The Bertz CT molecular complexity index is 1370. The standard InChI is InChI=1S/C23H23ClN8O/c1-31-8-5-15(12-31)27-23(33)21-22(25)29-20(17-6-9-32(2)30-17)19(28-21)14-10-13-4-3-7-26-18(13)16(24)11-14/h3-4,6-7,9-11,15H,5,8,12H2,1-2H3,(H2,25,29)(H,27,33). The largest absolute Gasteiger partial charge is 0.382 e. The summed E-state index contributed by atoms with van der Waals surface area (Å²) in [5.74, 6) is -0.292. The smallest absolute Gasteiger partial charge is 0.274 e. The van der Waals surface area contributed by atoms with Crippen LogP contribution in [-0.2, 0) is 7.05 Å². The fraction of sp³-hybridized carbons (Fsp3) is 0.261. The molecule has 3 aromatic heterocycles. The number of nitrogens with one attached hydrogen (secondary N) is 1. The number of halogens is 1. The third kappa shape index (κ3) is 4.12. The highest BCUT2D eigenvalue weighted by Gasteiger charge is 2.26. The predicted octanol–water partition coefficient (Wildman–Crippen LogP) is 2.76. The number of likely N-dealkylation sites (N-methyl/N-ethyl adjacent to an activating group) is 1. The van der Waals surface area contributed by atoms with Gasteiger partial charge >= 0.3 is 0 Å². The van der Waals surface area contributed by atoms with Crippen LogP contribution in [0.25, 0.3) is 33.5 Å². The SMILES string of the molecule is CN1CCC(NC(=O)c2nc(-c3cc(Cl)c4ncccc4c3)c(-c3ccn(C)n3)nc2N)C1. The summed E-state index contributed by atoms with van der Waals surface area (Å²) in [6.07, 6.45) is 4.38. The van der Waals surface area contributed by atoms with Gasteiger partial charge in [-0.3, -0.25) is 14.5 Å². The minimum Gasteiger partial charge on any atom is -0.382 e. The first-order valence-electron chi connectivity index (χ1n) is 10.6. The second-order valence-electron chi connectivity index (χ2n) is 8.28. The van der Waals surface area contributed by atoms with Crippen molar-refractivity contribution in [2.45, 2.75) is 12.5 Å². The normalized spacial score (nSPS) is 16.4. The number of likely N-dealkylation sites (tertiary alicyclic amines) is 1. The summed E-state index contributed by atoms with van der Waals surface area (Å²) in [7, 11) is 3.84. The quantitative estimate of drug-likeness (QED) is 0.479. The fourth-order valence-corrected chi connectivity index (χ4v) is 4.40. The molecule has 1 atom stereocenters. The minimum absolute atomic E-state index is 0.0452. The van der Waals surface area contributed by atoms with E-state index in [0.717, 1.165) is 24.9 Å². The molecule has 5 rings (SSSR count). The molecule has 4 aromatic rings. The number of hydrogen-bond acceptors (Lipinski definition) is 7. The van der Waals surface area contributed by atoms with E-state index in [4.69, 9.17) is 22.3 Å². The summed E-state index contributed by atoms with van der Waals surface area (Å²) < 4.78 is 1.67. The van der Waals surface area contributed by atoms with Crippen molar-refractivity contribution in [3.63, 3.8) is 0 Å². The molecule has 9 nitrogen and oxygen atoms in total. The van der Waals surface area contributed by atoms with E-state index in [1.807, 2.05) is 44.6 Å². The second kappa shape index (κ2) is 8.42. The number of nitrogen functional groups attached to an aromatic ring is 1. The van der Waals surface area contributed by atoms with Crippen LogP contribution in [0, 0.1) is 0 Å². The third-order valence-electron chi connectivity index (χ3n) is 5.75. The van der Waals surface area contributed by atoms with Gasteiger partial charge in [0.15, 0.2) is 11.5 Å². The summed E-state index contributed by atoms with van der Waals surface area (Å²) >= 11 is 6.54. The lowest BCUT2D eigenvalue weighted by molar-refractivity contribution is 0.0934. The molecular formula is C23H23ClN8O. The number of amides is 1. The van der Waals surface area contributed by atoms with E-state index < -0.39 is 0 Å². The van der Waals surface area contributed by atoms with E-state index in [9.17, 15) is 4.79 Å². The summed E-state index contributed by atoms with van der Waals surface area (Å²) in [6.45, 7) is 1.71. The van der Waals surface area contributed by atoms with Crippen LogP contribution < -0.4 is 11.1 Å². The maximum Gasteiger partial charge on any atom is 0.274 e. The lowest BCUT2D eigenvalue weighted by Crippen LogP contribution is -2.37. The first-order chi connectivity index (χ1) is 15.9. The van der Waals surface area contributed by atoms with Gasteiger partial charge < -0.3 is 16.0 Å². The Balaban J connectivity index is 1.64. The van der Waals surface area contributed by atoms with E-state index >= 15 is 0 Å². The van der Waals surface area contributed by atoms with Gasteiger partial charge in [0.05, 0.1) is 16.2 Å². The zero-order valence-electron chi connectivity index (χ0n) is 18.3. The van der Waals surface area contributed by atoms with Gasteiger partial charge in [0.25, 0.3) is 5.91 Å². The van der Waals surface area contributed by atoms with Crippen LogP contribution in [0.2, 0.25) is 5.02 Å². The molecular weight excluding hydrogens is 440 g/mol. The lowest BCUT2D eigenvalue weighted by atomic mass is 10.0. The maximum atomic E-state index is 13.1. The number of carbonyl (C=O) groups excluding carboxylic acids is 1.